The molecule has 1 heterocycles. The summed E-state index contributed by atoms with van der Waals surface area (Å²) < 4.78 is 5.32. The minimum Gasteiger partial charge on any atom is -0.395 e. The molecule has 1 aromatic carbocycles. The summed E-state index contributed by atoms with van der Waals surface area (Å²) in [6, 6.07) is 11.2. The van der Waals surface area contributed by atoms with E-state index in [-0.39, 0.29) is 12.6 Å². The molecular formula is C15H23NO2. The third-order valence-corrected chi connectivity index (χ3v) is 3.79. The van der Waals surface area contributed by atoms with Crippen molar-refractivity contribution in [1.82, 2.24) is 4.90 Å². The van der Waals surface area contributed by atoms with E-state index < -0.39 is 0 Å². The minimum atomic E-state index is 0.243. The Morgan fingerprint density at radius 2 is 1.94 bits per heavy atom. The lowest BCUT2D eigenvalue weighted by atomic mass is 9.95. The molecule has 100 valence electrons. The van der Waals surface area contributed by atoms with Crippen LogP contribution in [-0.2, 0) is 11.3 Å². The molecule has 0 bridgehead atoms. The molecule has 0 aromatic heterocycles. The number of likely N-dealkylation sites (tertiary alicyclic amines) is 1. The van der Waals surface area contributed by atoms with Crippen LogP contribution >= 0.6 is 0 Å². The molecule has 3 nitrogen and oxygen atoms in total. The fourth-order valence-electron chi connectivity index (χ4n) is 2.84. The number of rotatable bonds is 5. The van der Waals surface area contributed by atoms with Crippen molar-refractivity contribution in [3.05, 3.63) is 35.9 Å². The predicted molar refractivity (Wildman–Crippen MR) is 72.4 cm³/mol. The minimum absolute atomic E-state index is 0.243. The first-order valence-corrected chi connectivity index (χ1v) is 6.74. The zero-order valence-electron chi connectivity index (χ0n) is 11.1. The van der Waals surface area contributed by atoms with Gasteiger partial charge in [0.25, 0.3) is 0 Å². The van der Waals surface area contributed by atoms with Gasteiger partial charge in [0.15, 0.2) is 0 Å². The highest BCUT2D eigenvalue weighted by atomic mass is 16.5. The van der Waals surface area contributed by atoms with Crippen LogP contribution in [0.25, 0.3) is 0 Å². The monoisotopic (exact) mass is 249 g/mol. The van der Waals surface area contributed by atoms with Crippen LogP contribution in [0.1, 0.15) is 24.8 Å². The van der Waals surface area contributed by atoms with Gasteiger partial charge in [-0.2, -0.15) is 0 Å². The number of piperidine rings is 1. The van der Waals surface area contributed by atoms with Gasteiger partial charge in [-0.1, -0.05) is 36.8 Å². The van der Waals surface area contributed by atoms with Gasteiger partial charge in [0.2, 0.25) is 0 Å². The van der Waals surface area contributed by atoms with Crippen LogP contribution in [-0.4, -0.2) is 42.4 Å². The first kappa shape index (κ1) is 13.5. The lowest BCUT2D eigenvalue weighted by molar-refractivity contribution is 0.00114. The van der Waals surface area contributed by atoms with Crippen molar-refractivity contribution in [2.75, 3.05) is 20.3 Å². The molecule has 3 heteroatoms. The largest absolute Gasteiger partial charge is 0.395 e. The second-order valence-corrected chi connectivity index (χ2v) is 5.03. The van der Waals surface area contributed by atoms with Gasteiger partial charge >= 0.3 is 0 Å². The fourth-order valence-corrected chi connectivity index (χ4v) is 2.84. The highest BCUT2D eigenvalue weighted by Crippen LogP contribution is 2.25. The first-order valence-electron chi connectivity index (χ1n) is 6.74. The molecule has 2 rings (SSSR count). The molecule has 0 amide bonds. The second-order valence-electron chi connectivity index (χ2n) is 5.03. The summed E-state index contributed by atoms with van der Waals surface area (Å²) in [5.74, 6) is 0. The smallest absolute Gasteiger partial charge is 0.0618 e. The van der Waals surface area contributed by atoms with Crippen LogP contribution in [0, 0.1) is 0 Å². The standard InChI is InChI=1S/C15H23NO2/c1-18-12-15-9-5-8-14(11-17)16(15)10-13-6-3-2-4-7-13/h2-4,6-7,14-15,17H,5,8-12H2,1H3. The van der Waals surface area contributed by atoms with E-state index in [2.05, 4.69) is 29.2 Å². The average molecular weight is 249 g/mol. The van der Waals surface area contributed by atoms with E-state index in [4.69, 9.17) is 4.74 Å². The molecule has 1 aliphatic heterocycles. The average Bonchev–Trinajstić information content (AvgIpc) is 2.42. The third-order valence-electron chi connectivity index (χ3n) is 3.79. The van der Waals surface area contributed by atoms with Gasteiger partial charge in [-0.15, -0.1) is 0 Å². The van der Waals surface area contributed by atoms with Crippen LogP contribution < -0.4 is 0 Å². The van der Waals surface area contributed by atoms with E-state index in [0.717, 1.165) is 26.0 Å². The Morgan fingerprint density at radius 1 is 1.22 bits per heavy atom. The van der Waals surface area contributed by atoms with Gasteiger partial charge in [-0.05, 0) is 18.4 Å². The van der Waals surface area contributed by atoms with Crippen molar-refractivity contribution < 1.29 is 9.84 Å². The molecule has 2 unspecified atom stereocenters. The number of aliphatic hydroxyl groups is 1. The highest BCUT2D eigenvalue weighted by molar-refractivity contribution is 5.15. The van der Waals surface area contributed by atoms with E-state index >= 15 is 0 Å². The molecule has 0 aliphatic carbocycles. The van der Waals surface area contributed by atoms with Gasteiger partial charge in [-0.25, -0.2) is 0 Å². The number of benzene rings is 1. The van der Waals surface area contributed by atoms with Crippen LogP contribution in [0.5, 0.6) is 0 Å². The fraction of sp³-hybridized carbons (Fsp3) is 0.600. The molecule has 1 aromatic rings. The van der Waals surface area contributed by atoms with Gasteiger partial charge in [0.05, 0.1) is 13.2 Å². The van der Waals surface area contributed by atoms with Gasteiger partial charge in [0.1, 0.15) is 0 Å². The Hall–Kier alpha value is -0.900. The molecule has 1 aliphatic rings. The topological polar surface area (TPSA) is 32.7 Å². The van der Waals surface area contributed by atoms with E-state index in [1.54, 1.807) is 7.11 Å². The zero-order chi connectivity index (χ0) is 12.8. The van der Waals surface area contributed by atoms with Crippen molar-refractivity contribution in [2.45, 2.75) is 37.9 Å². The summed E-state index contributed by atoms with van der Waals surface area (Å²) in [5.41, 5.74) is 1.30. The molecular weight excluding hydrogens is 226 g/mol. The number of aliphatic hydroxyl groups excluding tert-OH is 1. The van der Waals surface area contributed by atoms with Crippen molar-refractivity contribution in [2.24, 2.45) is 0 Å². The lowest BCUT2D eigenvalue weighted by Gasteiger charge is -2.41. The number of hydrogen-bond acceptors (Lipinski definition) is 3. The third kappa shape index (κ3) is 3.31. The molecule has 0 spiro atoms. The summed E-state index contributed by atoms with van der Waals surface area (Å²) >= 11 is 0. The van der Waals surface area contributed by atoms with E-state index in [1.807, 2.05) is 6.07 Å². The van der Waals surface area contributed by atoms with Crippen molar-refractivity contribution in [3.8, 4) is 0 Å². The summed E-state index contributed by atoms with van der Waals surface area (Å²) in [5, 5.41) is 9.54. The van der Waals surface area contributed by atoms with Gasteiger partial charge in [-0.3, -0.25) is 4.90 Å². The van der Waals surface area contributed by atoms with Crippen molar-refractivity contribution in [3.63, 3.8) is 0 Å². The molecule has 0 saturated carbocycles. The Morgan fingerprint density at radius 3 is 2.61 bits per heavy atom. The molecule has 2 atom stereocenters. The van der Waals surface area contributed by atoms with Crippen LogP contribution in [0.3, 0.4) is 0 Å². The molecule has 1 N–H and O–H groups in total. The van der Waals surface area contributed by atoms with Crippen LogP contribution in [0.15, 0.2) is 30.3 Å². The zero-order valence-corrected chi connectivity index (χ0v) is 11.1. The van der Waals surface area contributed by atoms with Gasteiger partial charge < -0.3 is 9.84 Å². The molecule has 1 fully saturated rings. The Bertz CT molecular complexity index is 340. The van der Waals surface area contributed by atoms with Gasteiger partial charge in [0, 0.05) is 25.7 Å². The first-order chi connectivity index (χ1) is 8.85. The second kappa shape index (κ2) is 6.88. The summed E-state index contributed by atoms with van der Waals surface area (Å²) in [4.78, 5) is 2.41. The molecule has 18 heavy (non-hydrogen) atoms. The predicted octanol–water partition coefficient (Wildman–Crippen LogP) is 2.05. The van der Waals surface area contributed by atoms with Crippen molar-refractivity contribution in [1.29, 1.82) is 0 Å². The number of nitrogens with zero attached hydrogens (tertiary/aromatic N) is 1. The van der Waals surface area contributed by atoms with E-state index in [9.17, 15) is 5.11 Å². The normalized spacial score (nSPS) is 25.2. The maximum Gasteiger partial charge on any atom is 0.0618 e. The highest BCUT2D eigenvalue weighted by Gasteiger charge is 2.29. The Kier molecular flexibility index (Phi) is 5.17. The number of hydrogen-bond donors (Lipinski definition) is 1. The molecule has 1 saturated heterocycles. The number of ether oxygens (including phenoxy) is 1. The summed E-state index contributed by atoms with van der Waals surface area (Å²) in [6.07, 6.45) is 3.44. The SMILES string of the molecule is COCC1CCCC(CO)N1Cc1ccccc1. The Balaban J connectivity index is 2.07. The van der Waals surface area contributed by atoms with E-state index in [0.29, 0.717) is 6.04 Å². The number of methoxy groups -OCH3 is 1. The lowest BCUT2D eigenvalue weighted by Crippen LogP contribution is -2.49. The maximum atomic E-state index is 9.54. The van der Waals surface area contributed by atoms with Crippen LogP contribution in [0.4, 0.5) is 0 Å². The Labute approximate surface area is 109 Å². The summed E-state index contributed by atoms with van der Waals surface area (Å²) in [7, 11) is 1.75. The quantitative estimate of drug-likeness (QED) is 0.867. The van der Waals surface area contributed by atoms with Crippen molar-refractivity contribution >= 4 is 0 Å². The van der Waals surface area contributed by atoms with Crippen LogP contribution in [0.2, 0.25) is 0 Å². The van der Waals surface area contributed by atoms with E-state index in [1.165, 1.54) is 12.0 Å². The maximum absolute atomic E-state index is 9.54. The summed E-state index contributed by atoms with van der Waals surface area (Å²) in [6.45, 7) is 1.90. The molecule has 0 radical (unpaired) electrons.